The molecule has 0 unspecified atom stereocenters. The van der Waals surface area contributed by atoms with Gasteiger partial charge < -0.3 is 10.3 Å². The number of hydrogen-bond donors (Lipinski definition) is 1. The van der Waals surface area contributed by atoms with Gasteiger partial charge in [-0.1, -0.05) is 60.7 Å². The SMILES string of the molecule is [NH3+]CCOP(c1ccccc1)c1ccccc1. The first-order valence-corrected chi connectivity index (χ1v) is 7.00. The van der Waals surface area contributed by atoms with Crippen molar-refractivity contribution in [3.8, 4) is 0 Å². The summed E-state index contributed by atoms with van der Waals surface area (Å²) in [4.78, 5) is 0. The molecule has 0 heterocycles. The van der Waals surface area contributed by atoms with Crippen LogP contribution in [0.1, 0.15) is 0 Å². The van der Waals surface area contributed by atoms with Crippen molar-refractivity contribution < 1.29 is 10.3 Å². The lowest BCUT2D eigenvalue weighted by atomic mass is 10.4. The second-order valence-corrected chi connectivity index (χ2v) is 5.53. The highest BCUT2D eigenvalue weighted by Crippen LogP contribution is 2.34. The van der Waals surface area contributed by atoms with E-state index in [1.165, 1.54) is 10.6 Å². The van der Waals surface area contributed by atoms with Gasteiger partial charge in [-0.05, 0) is 0 Å². The first-order chi connectivity index (χ1) is 8.42. The van der Waals surface area contributed by atoms with Gasteiger partial charge in [0.15, 0.2) is 0 Å². The van der Waals surface area contributed by atoms with E-state index in [1.54, 1.807) is 0 Å². The van der Waals surface area contributed by atoms with Crippen molar-refractivity contribution in [1.29, 1.82) is 0 Å². The van der Waals surface area contributed by atoms with Crippen LogP contribution >= 0.6 is 8.15 Å². The van der Waals surface area contributed by atoms with Crippen molar-refractivity contribution in [3.05, 3.63) is 60.7 Å². The summed E-state index contributed by atoms with van der Waals surface area (Å²) in [6.07, 6.45) is 0. The third-order valence-electron chi connectivity index (χ3n) is 2.35. The second-order valence-electron chi connectivity index (χ2n) is 3.65. The Morgan fingerprint density at radius 3 is 1.71 bits per heavy atom. The summed E-state index contributed by atoms with van der Waals surface area (Å²) in [5.41, 5.74) is 3.83. The highest BCUT2D eigenvalue weighted by Gasteiger charge is 2.14. The molecule has 0 bridgehead atoms. The maximum Gasteiger partial charge on any atom is 0.101 e. The Bertz CT molecular complexity index is 393. The molecule has 17 heavy (non-hydrogen) atoms. The van der Waals surface area contributed by atoms with Crippen LogP contribution in [-0.4, -0.2) is 13.2 Å². The standard InChI is InChI=1S/C14H16NOP/c15-11-12-16-17(13-7-3-1-4-8-13)14-9-5-2-6-10-14/h1-10H,11-12,15H2/p+1. The summed E-state index contributed by atoms with van der Waals surface area (Å²) >= 11 is 0. The lowest BCUT2D eigenvalue weighted by molar-refractivity contribution is -0.370. The number of quaternary nitrogens is 1. The van der Waals surface area contributed by atoms with E-state index in [-0.39, 0.29) is 0 Å². The molecule has 0 saturated heterocycles. The molecule has 0 aromatic heterocycles. The molecule has 3 N–H and O–H groups in total. The van der Waals surface area contributed by atoms with Gasteiger partial charge >= 0.3 is 0 Å². The van der Waals surface area contributed by atoms with E-state index in [4.69, 9.17) is 4.52 Å². The highest BCUT2D eigenvalue weighted by atomic mass is 31.1. The fraction of sp³-hybridized carbons (Fsp3) is 0.143. The Morgan fingerprint density at radius 2 is 1.29 bits per heavy atom. The molecule has 0 saturated carbocycles. The molecule has 0 aliphatic carbocycles. The normalized spacial score (nSPS) is 10.7. The van der Waals surface area contributed by atoms with E-state index in [0.717, 1.165) is 6.54 Å². The van der Waals surface area contributed by atoms with Crippen molar-refractivity contribution in [2.75, 3.05) is 13.2 Å². The van der Waals surface area contributed by atoms with Gasteiger partial charge in [-0.15, -0.1) is 0 Å². The number of rotatable bonds is 5. The zero-order chi connectivity index (χ0) is 11.9. The van der Waals surface area contributed by atoms with Gasteiger partial charge in [0.25, 0.3) is 0 Å². The van der Waals surface area contributed by atoms with Crippen LogP contribution in [0.5, 0.6) is 0 Å². The third-order valence-corrected chi connectivity index (χ3v) is 4.32. The summed E-state index contributed by atoms with van der Waals surface area (Å²) in [5.74, 6) is 0. The maximum absolute atomic E-state index is 5.97. The summed E-state index contributed by atoms with van der Waals surface area (Å²) in [6.45, 7) is 1.51. The van der Waals surface area contributed by atoms with E-state index >= 15 is 0 Å². The van der Waals surface area contributed by atoms with Gasteiger partial charge in [0.1, 0.15) is 6.61 Å². The first-order valence-electron chi connectivity index (χ1n) is 5.74. The average molecular weight is 246 g/mol. The Hall–Kier alpha value is -1.21. The lowest BCUT2D eigenvalue weighted by Crippen LogP contribution is -2.52. The zero-order valence-corrected chi connectivity index (χ0v) is 10.6. The Labute approximate surface area is 103 Å². The zero-order valence-electron chi connectivity index (χ0n) is 9.75. The van der Waals surface area contributed by atoms with Crippen molar-refractivity contribution >= 4 is 18.8 Å². The average Bonchev–Trinajstić information content (AvgIpc) is 2.42. The number of benzene rings is 2. The Balaban J connectivity index is 2.26. The highest BCUT2D eigenvalue weighted by molar-refractivity contribution is 7.68. The predicted octanol–water partition coefficient (Wildman–Crippen LogP) is 1.29. The second kappa shape index (κ2) is 6.51. The molecule has 0 radical (unpaired) electrons. The first kappa shape index (κ1) is 12.3. The molecule has 2 aromatic rings. The van der Waals surface area contributed by atoms with Crippen LogP contribution < -0.4 is 16.3 Å². The van der Waals surface area contributed by atoms with Crippen LogP contribution in [0.25, 0.3) is 0 Å². The van der Waals surface area contributed by atoms with E-state index < -0.39 is 8.15 Å². The van der Waals surface area contributed by atoms with Crippen LogP contribution in [0.3, 0.4) is 0 Å². The third kappa shape index (κ3) is 3.37. The molecule has 3 heteroatoms. The van der Waals surface area contributed by atoms with E-state index in [9.17, 15) is 0 Å². The van der Waals surface area contributed by atoms with E-state index in [2.05, 4.69) is 54.3 Å². The minimum absolute atomic E-state index is 0.697. The van der Waals surface area contributed by atoms with E-state index in [1.807, 2.05) is 12.1 Å². The van der Waals surface area contributed by atoms with Crippen molar-refractivity contribution in [1.82, 2.24) is 0 Å². The van der Waals surface area contributed by atoms with Crippen LogP contribution in [0.15, 0.2) is 60.7 Å². The molecule has 0 aliphatic heterocycles. The van der Waals surface area contributed by atoms with Crippen LogP contribution in [0.2, 0.25) is 0 Å². The lowest BCUT2D eigenvalue weighted by Gasteiger charge is -2.17. The molecular weight excluding hydrogens is 229 g/mol. The van der Waals surface area contributed by atoms with Gasteiger partial charge in [0.05, 0.1) is 14.7 Å². The monoisotopic (exact) mass is 246 g/mol. The molecule has 0 spiro atoms. The molecule has 0 aliphatic rings. The van der Waals surface area contributed by atoms with Gasteiger partial charge in [-0.3, -0.25) is 0 Å². The smallest absolute Gasteiger partial charge is 0.101 e. The van der Waals surface area contributed by atoms with Crippen LogP contribution in [0, 0.1) is 0 Å². The molecule has 88 valence electrons. The Kier molecular flexibility index (Phi) is 4.69. The molecule has 0 amide bonds. The van der Waals surface area contributed by atoms with Gasteiger partial charge in [-0.2, -0.15) is 0 Å². The minimum Gasteiger partial charge on any atom is -0.356 e. The van der Waals surface area contributed by atoms with Crippen molar-refractivity contribution in [3.63, 3.8) is 0 Å². The topological polar surface area (TPSA) is 36.9 Å². The summed E-state index contributed by atoms with van der Waals surface area (Å²) < 4.78 is 5.97. The molecule has 2 aromatic carbocycles. The van der Waals surface area contributed by atoms with E-state index in [0.29, 0.717) is 6.61 Å². The fourth-order valence-electron chi connectivity index (χ4n) is 1.58. The van der Waals surface area contributed by atoms with Gasteiger partial charge in [-0.25, -0.2) is 0 Å². The quantitative estimate of drug-likeness (QED) is 0.793. The largest absolute Gasteiger partial charge is 0.356 e. The molecule has 2 rings (SSSR count). The summed E-state index contributed by atoms with van der Waals surface area (Å²) in [5, 5.41) is 2.50. The molecule has 0 fully saturated rings. The van der Waals surface area contributed by atoms with Crippen molar-refractivity contribution in [2.45, 2.75) is 0 Å². The predicted molar refractivity (Wildman–Crippen MR) is 72.8 cm³/mol. The molecular formula is C14H17NOP+. The van der Waals surface area contributed by atoms with Gasteiger partial charge in [0.2, 0.25) is 0 Å². The van der Waals surface area contributed by atoms with Crippen LogP contribution in [-0.2, 0) is 4.52 Å². The van der Waals surface area contributed by atoms with Gasteiger partial charge in [0, 0.05) is 10.6 Å². The van der Waals surface area contributed by atoms with Crippen molar-refractivity contribution in [2.24, 2.45) is 0 Å². The summed E-state index contributed by atoms with van der Waals surface area (Å²) in [6, 6.07) is 20.8. The van der Waals surface area contributed by atoms with Crippen LogP contribution in [0.4, 0.5) is 0 Å². The number of hydrogen-bond acceptors (Lipinski definition) is 1. The molecule has 2 nitrogen and oxygen atoms in total. The Morgan fingerprint density at radius 1 is 0.824 bits per heavy atom. The fourth-order valence-corrected chi connectivity index (χ4v) is 3.37. The maximum atomic E-state index is 5.97. The minimum atomic E-state index is -0.697. The summed E-state index contributed by atoms with van der Waals surface area (Å²) in [7, 11) is -0.697. The molecule has 0 atom stereocenters.